The van der Waals surface area contributed by atoms with Crippen molar-refractivity contribution in [1.82, 2.24) is 9.97 Å². The molecule has 2 rings (SSSR count). The molecule has 17 heavy (non-hydrogen) atoms. The Morgan fingerprint density at radius 3 is 2.53 bits per heavy atom. The van der Waals surface area contributed by atoms with E-state index in [4.69, 9.17) is 9.47 Å². The van der Waals surface area contributed by atoms with E-state index in [0.717, 1.165) is 6.42 Å². The fourth-order valence-corrected chi connectivity index (χ4v) is 1.47. The molecule has 0 atom stereocenters. The summed E-state index contributed by atoms with van der Waals surface area (Å²) < 4.78 is 10.5. The van der Waals surface area contributed by atoms with Crippen molar-refractivity contribution in [2.45, 2.75) is 25.9 Å². The van der Waals surface area contributed by atoms with Gasteiger partial charge in [0.2, 0.25) is 0 Å². The van der Waals surface area contributed by atoms with E-state index in [1.165, 1.54) is 0 Å². The summed E-state index contributed by atoms with van der Waals surface area (Å²) in [6.07, 6.45) is 4.19. The van der Waals surface area contributed by atoms with Gasteiger partial charge in [0.1, 0.15) is 0 Å². The number of ether oxygens (including phenoxy) is 2. The Bertz CT molecular complexity index is 361. The molecule has 94 valence electrons. The normalized spacial score (nSPS) is 17.9. The van der Waals surface area contributed by atoms with Crippen molar-refractivity contribution < 1.29 is 14.6 Å². The van der Waals surface area contributed by atoms with Gasteiger partial charge in [0.25, 0.3) is 0 Å². The van der Waals surface area contributed by atoms with Gasteiger partial charge in [0, 0.05) is 0 Å². The lowest BCUT2D eigenvalue weighted by molar-refractivity contribution is -0.189. The minimum atomic E-state index is -1.00. The largest absolute Gasteiger partial charge is 0.490 e. The molecule has 1 saturated heterocycles. The summed E-state index contributed by atoms with van der Waals surface area (Å²) in [5.41, 5.74) is -1.00. The molecule has 5 heteroatoms. The van der Waals surface area contributed by atoms with Crippen molar-refractivity contribution in [2.75, 3.05) is 19.8 Å². The van der Waals surface area contributed by atoms with Gasteiger partial charge in [0.15, 0.2) is 17.2 Å². The van der Waals surface area contributed by atoms with Crippen LogP contribution in [0.3, 0.4) is 0 Å². The van der Waals surface area contributed by atoms with Crippen molar-refractivity contribution in [1.29, 1.82) is 0 Å². The van der Waals surface area contributed by atoms with Crippen LogP contribution < -0.4 is 4.74 Å². The molecule has 0 unspecified atom stereocenters. The number of nitrogens with zero attached hydrogens (tertiary/aromatic N) is 2. The second-order valence-corrected chi connectivity index (χ2v) is 4.80. The first kappa shape index (κ1) is 12.3. The zero-order valence-electron chi connectivity index (χ0n) is 10.2. The van der Waals surface area contributed by atoms with Gasteiger partial charge in [-0.1, -0.05) is 13.8 Å². The first-order valence-corrected chi connectivity index (χ1v) is 5.85. The average Bonchev–Trinajstić information content (AvgIpc) is 2.26. The van der Waals surface area contributed by atoms with E-state index in [2.05, 4.69) is 23.8 Å². The maximum atomic E-state index is 9.93. The molecule has 1 N–H and O–H groups in total. The Balaban J connectivity index is 1.89. The molecule has 5 nitrogen and oxygen atoms in total. The summed E-state index contributed by atoms with van der Waals surface area (Å²) in [5, 5.41) is 9.93. The Morgan fingerprint density at radius 1 is 1.41 bits per heavy atom. The number of hydrogen-bond acceptors (Lipinski definition) is 5. The highest BCUT2D eigenvalue weighted by molar-refractivity contribution is 5.16. The van der Waals surface area contributed by atoms with Crippen molar-refractivity contribution in [3.8, 4) is 5.75 Å². The van der Waals surface area contributed by atoms with E-state index < -0.39 is 5.60 Å². The van der Waals surface area contributed by atoms with Crippen molar-refractivity contribution in [3.63, 3.8) is 0 Å². The van der Waals surface area contributed by atoms with Gasteiger partial charge in [-0.3, -0.25) is 0 Å². The fraction of sp³-hybridized carbons (Fsp3) is 0.667. The number of aromatic nitrogens is 2. The van der Waals surface area contributed by atoms with Crippen LogP contribution in [-0.4, -0.2) is 34.9 Å². The maximum Gasteiger partial charge on any atom is 0.170 e. The molecular weight excluding hydrogens is 220 g/mol. The topological polar surface area (TPSA) is 64.5 Å². The van der Waals surface area contributed by atoms with Gasteiger partial charge < -0.3 is 14.6 Å². The third-order valence-electron chi connectivity index (χ3n) is 2.69. The van der Waals surface area contributed by atoms with Crippen molar-refractivity contribution in [2.24, 2.45) is 5.92 Å². The van der Waals surface area contributed by atoms with Gasteiger partial charge in [-0.15, -0.1) is 0 Å². The Labute approximate surface area is 101 Å². The van der Waals surface area contributed by atoms with Gasteiger partial charge in [-0.2, -0.15) is 0 Å². The highest BCUT2D eigenvalue weighted by atomic mass is 16.5. The van der Waals surface area contributed by atoms with Crippen LogP contribution in [0.25, 0.3) is 0 Å². The summed E-state index contributed by atoms with van der Waals surface area (Å²) in [6, 6.07) is 0. The van der Waals surface area contributed by atoms with Crippen LogP contribution in [0.2, 0.25) is 0 Å². The van der Waals surface area contributed by atoms with E-state index >= 15 is 0 Å². The predicted molar refractivity (Wildman–Crippen MR) is 61.7 cm³/mol. The molecule has 0 radical (unpaired) electrons. The summed E-state index contributed by atoms with van der Waals surface area (Å²) >= 11 is 0. The molecule has 1 aromatic rings. The molecule has 1 aromatic heterocycles. The minimum absolute atomic E-state index is 0.264. The lowest BCUT2D eigenvalue weighted by atomic mass is 10.0. The Hall–Kier alpha value is -1.20. The van der Waals surface area contributed by atoms with E-state index in [-0.39, 0.29) is 13.2 Å². The lowest BCUT2D eigenvalue weighted by Crippen LogP contribution is -2.47. The SMILES string of the molecule is CC(C)CCOc1cnc(C2(O)COC2)nc1. The summed E-state index contributed by atoms with van der Waals surface area (Å²) in [5.74, 6) is 1.65. The average molecular weight is 238 g/mol. The van der Waals surface area contributed by atoms with Crippen LogP contribution in [-0.2, 0) is 10.3 Å². The van der Waals surface area contributed by atoms with Gasteiger partial charge >= 0.3 is 0 Å². The van der Waals surface area contributed by atoms with Crippen LogP contribution in [0.5, 0.6) is 5.75 Å². The predicted octanol–water partition coefficient (Wildman–Crippen LogP) is 1.12. The highest BCUT2D eigenvalue weighted by Crippen LogP contribution is 2.26. The second kappa shape index (κ2) is 4.98. The first-order chi connectivity index (χ1) is 8.10. The van der Waals surface area contributed by atoms with Crippen LogP contribution in [0.15, 0.2) is 12.4 Å². The third kappa shape index (κ3) is 2.92. The van der Waals surface area contributed by atoms with E-state index in [9.17, 15) is 5.11 Å². The summed E-state index contributed by atoms with van der Waals surface area (Å²) in [4.78, 5) is 8.21. The molecule has 0 spiro atoms. The molecule has 0 saturated carbocycles. The fourth-order valence-electron chi connectivity index (χ4n) is 1.47. The summed E-state index contributed by atoms with van der Waals surface area (Å²) in [6.45, 7) is 5.49. The Kier molecular flexibility index (Phi) is 3.59. The zero-order chi connectivity index (χ0) is 12.3. The molecule has 0 aliphatic carbocycles. The van der Waals surface area contributed by atoms with Crippen LogP contribution >= 0.6 is 0 Å². The van der Waals surface area contributed by atoms with Crippen LogP contribution in [0.4, 0.5) is 0 Å². The van der Waals surface area contributed by atoms with Crippen molar-refractivity contribution >= 4 is 0 Å². The molecule has 0 bridgehead atoms. The smallest absolute Gasteiger partial charge is 0.170 e. The Morgan fingerprint density at radius 2 is 2.06 bits per heavy atom. The van der Waals surface area contributed by atoms with E-state index in [1.807, 2.05) is 0 Å². The van der Waals surface area contributed by atoms with Gasteiger partial charge in [0.05, 0.1) is 32.2 Å². The number of rotatable bonds is 5. The number of aliphatic hydroxyl groups is 1. The van der Waals surface area contributed by atoms with Crippen LogP contribution in [0.1, 0.15) is 26.1 Å². The molecular formula is C12H18N2O3. The zero-order valence-corrected chi connectivity index (χ0v) is 10.2. The van der Waals surface area contributed by atoms with E-state index in [1.54, 1.807) is 12.4 Å². The van der Waals surface area contributed by atoms with Crippen molar-refractivity contribution in [3.05, 3.63) is 18.2 Å². The minimum Gasteiger partial charge on any atom is -0.490 e. The van der Waals surface area contributed by atoms with Gasteiger partial charge in [-0.25, -0.2) is 9.97 Å². The number of hydrogen-bond donors (Lipinski definition) is 1. The highest BCUT2D eigenvalue weighted by Gasteiger charge is 2.40. The third-order valence-corrected chi connectivity index (χ3v) is 2.69. The molecule has 0 aromatic carbocycles. The van der Waals surface area contributed by atoms with Crippen LogP contribution in [0, 0.1) is 5.92 Å². The monoisotopic (exact) mass is 238 g/mol. The van der Waals surface area contributed by atoms with E-state index in [0.29, 0.717) is 24.1 Å². The molecule has 2 heterocycles. The molecule has 0 amide bonds. The molecule has 1 aliphatic heterocycles. The summed E-state index contributed by atoms with van der Waals surface area (Å²) in [7, 11) is 0. The maximum absolute atomic E-state index is 9.93. The quantitative estimate of drug-likeness (QED) is 0.832. The molecule has 1 fully saturated rings. The second-order valence-electron chi connectivity index (χ2n) is 4.80. The standard InChI is InChI=1S/C12H18N2O3/c1-9(2)3-4-17-10-5-13-11(14-6-10)12(15)7-16-8-12/h5-6,9,15H,3-4,7-8H2,1-2H3. The first-order valence-electron chi connectivity index (χ1n) is 5.85. The van der Waals surface area contributed by atoms with Gasteiger partial charge in [-0.05, 0) is 12.3 Å². The molecule has 1 aliphatic rings. The lowest BCUT2D eigenvalue weighted by Gasteiger charge is -2.34.